The van der Waals surface area contributed by atoms with E-state index in [9.17, 15) is 14.9 Å². The highest BCUT2D eigenvalue weighted by atomic mass is 16.6. The highest BCUT2D eigenvalue weighted by molar-refractivity contribution is 5.96. The van der Waals surface area contributed by atoms with Crippen molar-refractivity contribution < 1.29 is 19.2 Å². The number of nitro benzene ring substituents is 1. The van der Waals surface area contributed by atoms with E-state index in [0.717, 1.165) is 13.1 Å². The molecule has 1 aromatic rings. The normalized spacial score (nSPS) is 15.5. The molecule has 1 aliphatic heterocycles. The number of ketones is 1. The van der Waals surface area contributed by atoms with Gasteiger partial charge in [0.2, 0.25) is 0 Å². The van der Waals surface area contributed by atoms with Crippen LogP contribution in [0.4, 0.5) is 5.69 Å². The Morgan fingerprint density at radius 1 is 1.41 bits per heavy atom. The molecule has 0 bridgehead atoms. The Labute approximate surface area is 129 Å². The minimum absolute atomic E-state index is 0.122. The summed E-state index contributed by atoms with van der Waals surface area (Å²) in [6.45, 7) is 5.87. The standard InChI is InChI=1S/C15H20N2O5/c1-2-14(18)12-3-4-15(13(11-12)17(19)20)22-10-7-16-5-8-21-9-6-16/h3-4,11H,2,5-10H2,1H3. The topological polar surface area (TPSA) is 81.9 Å². The third-order valence-electron chi connectivity index (χ3n) is 3.57. The molecule has 1 saturated heterocycles. The molecule has 120 valence electrons. The Morgan fingerprint density at radius 3 is 2.77 bits per heavy atom. The molecule has 0 amide bonds. The fraction of sp³-hybridized carbons (Fsp3) is 0.533. The van der Waals surface area contributed by atoms with E-state index in [4.69, 9.17) is 9.47 Å². The molecule has 0 aromatic heterocycles. The monoisotopic (exact) mass is 308 g/mol. The van der Waals surface area contributed by atoms with Gasteiger partial charge in [-0.3, -0.25) is 19.8 Å². The van der Waals surface area contributed by atoms with Crippen molar-refractivity contribution in [3.8, 4) is 5.75 Å². The summed E-state index contributed by atoms with van der Waals surface area (Å²) in [5, 5.41) is 11.1. The van der Waals surface area contributed by atoms with E-state index in [1.165, 1.54) is 12.1 Å². The molecular formula is C15H20N2O5. The van der Waals surface area contributed by atoms with Crippen LogP contribution in [0.15, 0.2) is 18.2 Å². The van der Waals surface area contributed by atoms with Crippen molar-refractivity contribution in [1.82, 2.24) is 4.90 Å². The molecule has 0 aliphatic carbocycles. The van der Waals surface area contributed by atoms with Crippen molar-refractivity contribution in [2.24, 2.45) is 0 Å². The first-order valence-electron chi connectivity index (χ1n) is 7.36. The van der Waals surface area contributed by atoms with Crippen LogP contribution in [0.5, 0.6) is 5.75 Å². The van der Waals surface area contributed by atoms with Gasteiger partial charge in [-0.05, 0) is 12.1 Å². The number of nitrogens with zero attached hydrogens (tertiary/aromatic N) is 2. The highest BCUT2D eigenvalue weighted by Crippen LogP contribution is 2.28. The third-order valence-corrected chi connectivity index (χ3v) is 3.57. The second kappa shape index (κ2) is 7.86. The molecule has 0 spiro atoms. The first-order valence-corrected chi connectivity index (χ1v) is 7.36. The number of ether oxygens (including phenoxy) is 2. The minimum Gasteiger partial charge on any atom is -0.485 e. The smallest absolute Gasteiger partial charge is 0.311 e. The molecule has 0 unspecified atom stereocenters. The predicted molar refractivity (Wildman–Crippen MR) is 80.5 cm³/mol. The number of Topliss-reactive ketones (excluding diaryl/α,β-unsaturated/α-hetero) is 1. The molecule has 1 heterocycles. The second-order valence-electron chi connectivity index (χ2n) is 5.02. The molecule has 0 saturated carbocycles. The van der Waals surface area contributed by atoms with Gasteiger partial charge in [-0.2, -0.15) is 0 Å². The number of carbonyl (C=O) groups excluding carboxylic acids is 1. The maximum Gasteiger partial charge on any atom is 0.311 e. The Bertz CT molecular complexity index is 541. The zero-order valence-corrected chi connectivity index (χ0v) is 12.6. The van der Waals surface area contributed by atoms with Crippen molar-refractivity contribution in [1.29, 1.82) is 0 Å². The lowest BCUT2D eigenvalue weighted by Crippen LogP contribution is -2.38. The molecule has 22 heavy (non-hydrogen) atoms. The number of benzene rings is 1. The van der Waals surface area contributed by atoms with Crippen LogP contribution in [0.3, 0.4) is 0 Å². The van der Waals surface area contributed by atoms with E-state index >= 15 is 0 Å². The van der Waals surface area contributed by atoms with Crippen LogP contribution >= 0.6 is 0 Å². The van der Waals surface area contributed by atoms with Crippen LogP contribution in [-0.4, -0.2) is 55.1 Å². The predicted octanol–water partition coefficient (Wildman–Crippen LogP) is 1.90. The van der Waals surface area contributed by atoms with Gasteiger partial charge >= 0.3 is 5.69 Å². The Morgan fingerprint density at radius 2 is 2.14 bits per heavy atom. The lowest BCUT2D eigenvalue weighted by atomic mass is 10.1. The minimum atomic E-state index is -0.517. The molecule has 1 aromatic carbocycles. The van der Waals surface area contributed by atoms with Gasteiger partial charge in [-0.25, -0.2) is 0 Å². The van der Waals surface area contributed by atoms with Gasteiger partial charge in [0.1, 0.15) is 6.61 Å². The van der Waals surface area contributed by atoms with Crippen molar-refractivity contribution in [3.05, 3.63) is 33.9 Å². The first-order chi connectivity index (χ1) is 10.6. The lowest BCUT2D eigenvalue weighted by Gasteiger charge is -2.26. The summed E-state index contributed by atoms with van der Waals surface area (Å²) in [4.78, 5) is 24.4. The average molecular weight is 308 g/mol. The van der Waals surface area contributed by atoms with Gasteiger partial charge in [0.05, 0.1) is 18.1 Å². The highest BCUT2D eigenvalue weighted by Gasteiger charge is 2.18. The quantitative estimate of drug-likeness (QED) is 0.435. The number of hydrogen-bond donors (Lipinski definition) is 0. The van der Waals surface area contributed by atoms with Gasteiger partial charge in [-0.15, -0.1) is 0 Å². The molecular weight excluding hydrogens is 288 g/mol. The number of carbonyl (C=O) groups is 1. The number of nitro groups is 1. The van der Waals surface area contributed by atoms with Crippen LogP contribution < -0.4 is 4.74 Å². The average Bonchev–Trinajstić information content (AvgIpc) is 2.55. The summed E-state index contributed by atoms with van der Waals surface area (Å²) in [5.74, 6) is 0.0777. The SMILES string of the molecule is CCC(=O)c1ccc(OCCN2CCOCC2)c([N+](=O)[O-])c1. The van der Waals surface area contributed by atoms with E-state index in [2.05, 4.69) is 4.90 Å². The van der Waals surface area contributed by atoms with Gasteiger partial charge < -0.3 is 9.47 Å². The fourth-order valence-corrected chi connectivity index (χ4v) is 2.27. The van der Waals surface area contributed by atoms with Crippen LogP contribution in [0.1, 0.15) is 23.7 Å². The van der Waals surface area contributed by atoms with E-state index < -0.39 is 4.92 Å². The van der Waals surface area contributed by atoms with Crippen molar-refractivity contribution >= 4 is 11.5 Å². The van der Waals surface area contributed by atoms with Crippen molar-refractivity contribution in [2.75, 3.05) is 39.5 Å². The van der Waals surface area contributed by atoms with Gasteiger partial charge in [-0.1, -0.05) is 6.92 Å². The third kappa shape index (κ3) is 4.25. The first kappa shape index (κ1) is 16.4. The number of rotatable bonds is 7. The molecule has 7 nitrogen and oxygen atoms in total. The molecule has 1 fully saturated rings. The maximum atomic E-state index is 11.6. The van der Waals surface area contributed by atoms with Gasteiger partial charge in [0.15, 0.2) is 11.5 Å². The van der Waals surface area contributed by atoms with E-state index in [1.807, 2.05) is 0 Å². The molecule has 0 atom stereocenters. The Balaban J connectivity index is 1.99. The number of morpholine rings is 1. The van der Waals surface area contributed by atoms with Crippen LogP contribution in [-0.2, 0) is 4.74 Å². The molecule has 0 N–H and O–H groups in total. The zero-order chi connectivity index (χ0) is 15.9. The van der Waals surface area contributed by atoms with Crippen LogP contribution in [0.25, 0.3) is 0 Å². The van der Waals surface area contributed by atoms with Gasteiger partial charge in [0, 0.05) is 37.7 Å². The largest absolute Gasteiger partial charge is 0.485 e. The number of hydrogen-bond acceptors (Lipinski definition) is 6. The van der Waals surface area contributed by atoms with Crippen LogP contribution in [0, 0.1) is 10.1 Å². The Kier molecular flexibility index (Phi) is 5.85. The van der Waals surface area contributed by atoms with Crippen LogP contribution in [0.2, 0.25) is 0 Å². The maximum absolute atomic E-state index is 11.6. The second-order valence-corrected chi connectivity index (χ2v) is 5.02. The summed E-state index contributed by atoms with van der Waals surface area (Å²) in [6.07, 6.45) is 0.314. The summed E-state index contributed by atoms with van der Waals surface area (Å²) in [6, 6.07) is 4.36. The van der Waals surface area contributed by atoms with Crippen molar-refractivity contribution in [2.45, 2.75) is 13.3 Å². The fourth-order valence-electron chi connectivity index (χ4n) is 2.27. The van der Waals surface area contributed by atoms with E-state index in [0.29, 0.717) is 38.3 Å². The molecule has 7 heteroatoms. The molecule has 1 aliphatic rings. The van der Waals surface area contributed by atoms with Gasteiger partial charge in [0.25, 0.3) is 0 Å². The summed E-state index contributed by atoms with van der Waals surface area (Å²) in [7, 11) is 0. The Hall–Kier alpha value is -1.99. The zero-order valence-electron chi connectivity index (χ0n) is 12.6. The van der Waals surface area contributed by atoms with E-state index in [-0.39, 0.29) is 17.2 Å². The molecule has 2 rings (SSSR count). The summed E-state index contributed by atoms with van der Waals surface area (Å²) in [5.41, 5.74) is 0.177. The lowest BCUT2D eigenvalue weighted by molar-refractivity contribution is -0.385. The summed E-state index contributed by atoms with van der Waals surface area (Å²) >= 11 is 0. The summed E-state index contributed by atoms with van der Waals surface area (Å²) < 4.78 is 10.8. The van der Waals surface area contributed by atoms with E-state index in [1.54, 1.807) is 13.0 Å². The van der Waals surface area contributed by atoms with Crippen molar-refractivity contribution in [3.63, 3.8) is 0 Å². The molecule has 0 radical (unpaired) electrons.